The molecule has 0 spiro atoms. The summed E-state index contributed by atoms with van der Waals surface area (Å²) in [7, 11) is -3.07. The maximum absolute atomic E-state index is 11.6. The van der Waals surface area contributed by atoms with Crippen LogP contribution in [0.3, 0.4) is 0 Å². The number of nitrogens with two attached hydrogens (primary N) is 1. The number of unbranched alkanes of at least 4 members (excludes halogenated alkanes) is 1. The van der Waals surface area contributed by atoms with Crippen LogP contribution in [0.2, 0.25) is 0 Å². The number of rotatable bonds is 7. The van der Waals surface area contributed by atoms with Gasteiger partial charge in [-0.3, -0.25) is 0 Å². The van der Waals surface area contributed by atoms with Crippen LogP contribution in [0, 0.1) is 0 Å². The van der Waals surface area contributed by atoms with Gasteiger partial charge in [0.25, 0.3) is 0 Å². The van der Waals surface area contributed by atoms with Crippen molar-refractivity contribution in [3.63, 3.8) is 0 Å². The second-order valence-electron chi connectivity index (χ2n) is 4.15. The molecule has 0 aromatic heterocycles. The number of sulfonamides is 1. The molecule has 1 aliphatic rings. The minimum atomic E-state index is -3.07. The molecular formula is C10H22N2O2S2. The van der Waals surface area contributed by atoms with Crippen molar-refractivity contribution in [1.29, 1.82) is 0 Å². The molecule has 0 amide bonds. The molecule has 4 nitrogen and oxygen atoms in total. The molecule has 1 aliphatic heterocycles. The molecule has 1 atom stereocenters. The standard InChI is InChI=1S/C10H22N2O2S2/c11-6-2-4-8-16(13,14)12-9-10-5-1-3-7-15-10/h10,12H,1-9,11H2. The molecule has 0 saturated carbocycles. The third-order valence-electron chi connectivity index (χ3n) is 2.67. The molecule has 1 heterocycles. The number of hydrogen-bond acceptors (Lipinski definition) is 4. The molecule has 1 rings (SSSR count). The molecule has 0 bridgehead atoms. The van der Waals surface area contributed by atoms with Crippen LogP contribution < -0.4 is 10.5 Å². The zero-order chi connectivity index (χ0) is 11.9. The van der Waals surface area contributed by atoms with Gasteiger partial charge in [0, 0.05) is 11.8 Å². The van der Waals surface area contributed by atoms with Crippen LogP contribution in [0.15, 0.2) is 0 Å². The normalized spacial score (nSPS) is 22.2. The SMILES string of the molecule is NCCCCS(=O)(=O)NCC1CCCCS1. The minimum absolute atomic E-state index is 0.210. The van der Waals surface area contributed by atoms with Gasteiger partial charge in [-0.05, 0) is 38.0 Å². The van der Waals surface area contributed by atoms with Crippen molar-refractivity contribution >= 4 is 21.8 Å². The average molecular weight is 266 g/mol. The van der Waals surface area contributed by atoms with E-state index in [0.29, 0.717) is 24.8 Å². The first-order valence-corrected chi connectivity index (χ1v) is 8.63. The summed E-state index contributed by atoms with van der Waals surface area (Å²) in [4.78, 5) is 0. The highest BCUT2D eigenvalue weighted by atomic mass is 32.2. The second kappa shape index (κ2) is 7.53. The lowest BCUT2D eigenvalue weighted by Crippen LogP contribution is -2.33. The summed E-state index contributed by atoms with van der Waals surface area (Å²) in [5, 5.41) is 0.470. The number of nitrogens with one attached hydrogen (secondary N) is 1. The Morgan fingerprint density at radius 3 is 2.75 bits per heavy atom. The van der Waals surface area contributed by atoms with Gasteiger partial charge in [-0.1, -0.05) is 6.42 Å². The highest BCUT2D eigenvalue weighted by Crippen LogP contribution is 2.24. The third kappa shape index (κ3) is 6.08. The van der Waals surface area contributed by atoms with Crippen LogP contribution in [-0.2, 0) is 10.0 Å². The Kier molecular flexibility index (Phi) is 6.72. The first-order valence-electron chi connectivity index (χ1n) is 5.93. The van der Waals surface area contributed by atoms with Gasteiger partial charge in [0.15, 0.2) is 0 Å². The Morgan fingerprint density at radius 1 is 1.31 bits per heavy atom. The van der Waals surface area contributed by atoms with Crippen molar-refractivity contribution in [3.05, 3.63) is 0 Å². The molecular weight excluding hydrogens is 244 g/mol. The predicted octanol–water partition coefficient (Wildman–Crippen LogP) is 0.930. The van der Waals surface area contributed by atoms with Crippen molar-refractivity contribution < 1.29 is 8.42 Å². The summed E-state index contributed by atoms with van der Waals surface area (Å²) in [5.74, 6) is 1.38. The van der Waals surface area contributed by atoms with Gasteiger partial charge in [-0.25, -0.2) is 13.1 Å². The topological polar surface area (TPSA) is 72.2 Å². The molecule has 96 valence electrons. The zero-order valence-corrected chi connectivity index (χ0v) is 11.3. The molecule has 6 heteroatoms. The van der Waals surface area contributed by atoms with Gasteiger partial charge in [0.05, 0.1) is 5.75 Å². The highest BCUT2D eigenvalue weighted by molar-refractivity contribution is 8.00. The minimum Gasteiger partial charge on any atom is -0.330 e. The fourth-order valence-electron chi connectivity index (χ4n) is 1.70. The van der Waals surface area contributed by atoms with E-state index in [2.05, 4.69) is 4.72 Å². The van der Waals surface area contributed by atoms with Gasteiger partial charge >= 0.3 is 0 Å². The summed E-state index contributed by atoms with van der Waals surface area (Å²) in [5.41, 5.74) is 5.33. The monoisotopic (exact) mass is 266 g/mol. The Morgan fingerprint density at radius 2 is 2.12 bits per heavy atom. The van der Waals surface area contributed by atoms with Gasteiger partial charge in [-0.15, -0.1) is 0 Å². The fourth-order valence-corrected chi connectivity index (χ4v) is 4.22. The molecule has 1 unspecified atom stereocenters. The van der Waals surface area contributed by atoms with Crippen LogP contribution in [0.5, 0.6) is 0 Å². The smallest absolute Gasteiger partial charge is 0.211 e. The van der Waals surface area contributed by atoms with Gasteiger partial charge < -0.3 is 5.73 Å². The summed E-state index contributed by atoms with van der Waals surface area (Å²) in [6, 6.07) is 0. The molecule has 0 aliphatic carbocycles. The fraction of sp³-hybridized carbons (Fsp3) is 1.00. The second-order valence-corrected chi connectivity index (χ2v) is 7.49. The lowest BCUT2D eigenvalue weighted by atomic mass is 10.2. The Bertz CT molecular complexity index is 275. The molecule has 0 aromatic carbocycles. The summed E-state index contributed by atoms with van der Waals surface area (Å²) in [6.45, 7) is 1.16. The molecule has 3 N–H and O–H groups in total. The van der Waals surface area contributed by atoms with E-state index in [0.717, 1.165) is 12.8 Å². The quantitative estimate of drug-likeness (QED) is 0.672. The molecule has 16 heavy (non-hydrogen) atoms. The lowest BCUT2D eigenvalue weighted by molar-refractivity contribution is 0.570. The summed E-state index contributed by atoms with van der Waals surface area (Å²) >= 11 is 1.89. The van der Waals surface area contributed by atoms with E-state index in [9.17, 15) is 8.42 Å². The van der Waals surface area contributed by atoms with Crippen LogP contribution in [0.25, 0.3) is 0 Å². The van der Waals surface area contributed by atoms with Crippen LogP contribution in [0.4, 0.5) is 0 Å². The van der Waals surface area contributed by atoms with E-state index >= 15 is 0 Å². The van der Waals surface area contributed by atoms with Crippen LogP contribution >= 0.6 is 11.8 Å². The Hall–Kier alpha value is 0.220. The van der Waals surface area contributed by atoms with E-state index in [1.807, 2.05) is 11.8 Å². The van der Waals surface area contributed by atoms with Gasteiger partial charge in [-0.2, -0.15) is 11.8 Å². The van der Waals surface area contributed by atoms with E-state index in [1.165, 1.54) is 18.6 Å². The van der Waals surface area contributed by atoms with Crippen LogP contribution in [0.1, 0.15) is 32.1 Å². The maximum atomic E-state index is 11.6. The van der Waals surface area contributed by atoms with Gasteiger partial charge in [0.2, 0.25) is 10.0 Å². The van der Waals surface area contributed by atoms with E-state index < -0.39 is 10.0 Å². The van der Waals surface area contributed by atoms with Crippen molar-refractivity contribution in [2.75, 3.05) is 24.6 Å². The summed E-state index contributed by atoms with van der Waals surface area (Å²) in [6.07, 6.45) is 5.07. The average Bonchev–Trinajstić information content (AvgIpc) is 2.28. The molecule has 0 radical (unpaired) electrons. The van der Waals surface area contributed by atoms with E-state index in [4.69, 9.17) is 5.73 Å². The maximum Gasteiger partial charge on any atom is 0.211 e. The molecule has 0 aromatic rings. The molecule has 1 saturated heterocycles. The van der Waals surface area contributed by atoms with Crippen LogP contribution in [-0.4, -0.2) is 38.3 Å². The van der Waals surface area contributed by atoms with Crippen molar-refractivity contribution in [3.8, 4) is 0 Å². The van der Waals surface area contributed by atoms with Crippen molar-refractivity contribution in [2.24, 2.45) is 5.73 Å². The third-order valence-corrected chi connectivity index (χ3v) is 5.50. The molecule has 1 fully saturated rings. The Labute approximate surface area is 103 Å². The number of hydrogen-bond donors (Lipinski definition) is 2. The Balaban J connectivity index is 2.18. The highest BCUT2D eigenvalue weighted by Gasteiger charge is 2.17. The first-order chi connectivity index (χ1) is 7.64. The van der Waals surface area contributed by atoms with Crippen molar-refractivity contribution in [2.45, 2.75) is 37.4 Å². The summed E-state index contributed by atoms with van der Waals surface area (Å²) < 4.78 is 25.9. The zero-order valence-electron chi connectivity index (χ0n) is 9.65. The first kappa shape index (κ1) is 14.3. The van der Waals surface area contributed by atoms with Crippen molar-refractivity contribution in [1.82, 2.24) is 4.72 Å². The predicted molar refractivity (Wildman–Crippen MR) is 70.2 cm³/mol. The number of thioether (sulfide) groups is 1. The van der Waals surface area contributed by atoms with E-state index in [1.54, 1.807) is 0 Å². The largest absolute Gasteiger partial charge is 0.330 e. The van der Waals surface area contributed by atoms with E-state index in [-0.39, 0.29) is 5.75 Å². The van der Waals surface area contributed by atoms with Gasteiger partial charge in [0.1, 0.15) is 0 Å². The lowest BCUT2D eigenvalue weighted by Gasteiger charge is -2.21.